The number of aromatic amines is 1. The van der Waals surface area contributed by atoms with Gasteiger partial charge in [0, 0.05) is 12.4 Å². The third-order valence-corrected chi connectivity index (χ3v) is 2.53. The van der Waals surface area contributed by atoms with E-state index in [1.54, 1.807) is 7.11 Å². The number of rotatable bonds is 3. The Kier molecular flexibility index (Phi) is 2.93. The minimum atomic E-state index is -0.225. The van der Waals surface area contributed by atoms with Crippen LogP contribution in [-0.4, -0.2) is 12.1 Å². The molecule has 3 nitrogen and oxygen atoms in total. The van der Waals surface area contributed by atoms with Gasteiger partial charge in [0.15, 0.2) is 0 Å². The van der Waals surface area contributed by atoms with Crippen LogP contribution in [0.25, 0.3) is 0 Å². The standard InChI is InChI=1S/C13H12N2O/c1-16-12-4-2-10(3-5-12)13(8-14)11-6-7-15-9-11/h2-7,9,13,15H,1H3. The lowest BCUT2D eigenvalue weighted by atomic mass is 9.95. The first-order chi connectivity index (χ1) is 7.85. The van der Waals surface area contributed by atoms with E-state index in [9.17, 15) is 5.26 Å². The van der Waals surface area contributed by atoms with Crippen LogP contribution in [0.2, 0.25) is 0 Å². The number of nitriles is 1. The predicted molar refractivity (Wildman–Crippen MR) is 61.2 cm³/mol. The molecule has 1 N–H and O–H groups in total. The number of nitrogens with zero attached hydrogens (tertiary/aromatic N) is 1. The minimum Gasteiger partial charge on any atom is -0.497 e. The zero-order valence-electron chi connectivity index (χ0n) is 8.97. The van der Waals surface area contributed by atoms with Crippen molar-refractivity contribution in [3.05, 3.63) is 53.9 Å². The lowest BCUT2D eigenvalue weighted by Gasteiger charge is -2.08. The van der Waals surface area contributed by atoms with Gasteiger partial charge in [0.05, 0.1) is 19.1 Å². The molecule has 0 aliphatic carbocycles. The van der Waals surface area contributed by atoms with Crippen LogP contribution in [0.15, 0.2) is 42.7 Å². The molecule has 0 aliphatic rings. The molecule has 1 atom stereocenters. The molecule has 0 radical (unpaired) electrons. The van der Waals surface area contributed by atoms with Crippen LogP contribution >= 0.6 is 0 Å². The van der Waals surface area contributed by atoms with Gasteiger partial charge in [0.1, 0.15) is 5.75 Å². The molecule has 1 heterocycles. The second-order valence-electron chi connectivity index (χ2n) is 3.48. The first-order valence-corrected chi connectivity index (χ1v) is 5.01. The van der Waals surface area contributed by atoms with Crippen LogP contribution in [0.5, 0.6) is 5.75 Å². The summed E-state index contributed by atoms with van der Waals surface area (Å²) in [6.07, 6.45) is 3.67. The van der Waals surface area contributed by atoms with Gasteiger partial charge in [-0.15, -0.1) is 0 Å². The minimum absolute atomic E-state index is 0.225. The van der Waals surface area contributed by atoms with Gasteiger partial charge < -0.3 is 9.72 Å². The van der Waals surface area contributed by atoms with Crippen molar-refractivity contribution in [2.75, 3.05) is 7.11 Å². The van der Waals surface area contributed by atoms with Gasteiger partial charge in [-0.3, -0.25) is 0 Å². The van der Waals surface area contributed by atoms with E-state index in [2.05, 4.69) is 11.1 Å². The van der Waals surface area contributed by atoms with Crippen molar-refractivity contribution in [1.29, 1.82) is 5.26 Å². The Balaban J connectivity index is 2.31. The fraction of sp³-hybridized carbons (Fsp3) is 0.154. The molecule has 0 fully saturated rings. The molecule has 0 saturated carbocycles. The maximum atomic E-state index is 9.18. The summed E-state index contributed by atoms with van der Waals surface area (Å²) in [5.74, 6) is 0.576. The largest absolute Gasteiger partial charge is 0.497 e. The van der Waals surface area contributed by atoms with Gasteiger partial charge in [-0.1, -0.05) is 12.1 Å². The van der Waals surface area contributed by atoms with Crippen molar-refractivity contribution < 1.29 is 4.74 Å². The van der Waals surface area contributed by atoms with Crippen molar-refractivity contribution in [3.8, 4) is 11.8 Å². The highest BCUT2D eigenvalue weighted by atomic mass is 16.5. The summed E-state index contributed by atoms with van der Waals surface area (Å²) in [4.78, 5) is 2.96. The molecule has 2 rings (SSSR count). The van der Waals surface area contributed by atoms with E-state index in [1.165, 1.54) is 0 Å². The van der Waals surface area contributed by atoms with Crippen molar-refractivity contribution >= 4 is 0 Å². The first kappa shape index (κ1) is 10.3. The molecule has 16 heavy (non-hydrogen) atoms. The Morgan fingerprint density at radius 1 is 1.19 bits per heavy atom. The summed E-state index contributed by atoms with van der Waals surface area (Å²) in [5.41, 5.74) is 1.95. The molecule has 1 unspecified atom stereocenters. The summed E-state index contributed by atoms with van der Waals surface area (Å²) in [5, 5.41) is 9.18. The van der Waals surface area contributed by atoms with Crippen molar-refractivity contribution in [2.24, 2.45) is 0 Å². The van der Waals surface area contributed by atoms with Crippen molar-refractivity contribution in [3.63, 3.8) is 0 Å². The van der Waals surface area contributed by atoms with E-state index in [0.29, 0.717) is 0 Å². The number of ether oxygens (including phenoxy) is 1. The Labute approximate surface area is 94.3 Å². The topological polar surface area (TPSA) is 48.8 Å². The Bertz CT molecular complexity index is 480. The van der Waals surface area contributed by atoms with Crippen molar-refractivity contribution in [2.45, 2.75) is 5.92 Å². The van der Waals surface area contributed by atoms with E-state index in [0.717, 1.165) is 16.9 Å². The fourth-order valence-corrected chi connectivity index (χ4v) is 1.65. The van der Waals surface area contributed by atoms with Gasteiger partial charge in [-0.25, -0.2) is 0 Å². The molecule has 3 heteroatoms. The van der Waals surface area contributed by atoms with E-state index in [-0.39, 0.29) is 5.92 Å². The second kappa shape index (κ2) is 4.54. The predicted octanol–water partition coefficient (Wildman–Crippen LogP) is 2.68. The number of hydrogen-bond donors (Lipinski definition) is 1. The molecular weight excluding hydrogens is 200 g/mol. The normalized spacial score (nSPS) is 11.8. The summed E-state index contributed by atoms with van der Waals surface area (Å²) in [7, 11) is 1.63. The number of benzene rings is 1. The van der Waals surface area contributed by atoms with E-state index < -0.39 is 0 Å². The quantitative estimate of drug-likeness (QED) is 0.850. The van der Waals surface area contributed by atoms with Gasteiger partial charge in [0.25, 0.3) is 0 Å². The molecule has 0 aliphatic heterocycles. The lowest BCUT2D eigenvalue weighted by Crippen LogP contribution is -1.96. The van der Waals surface area contributed by atoms with Crippen LogP contribution in [0, 0.1) is 11.3 Å². The van der Waals surface area contributed by atoms with Gasteiger partial charge >= 0.3 is 0 Å². The fourth-order valence-electron chi connectivity index (χ4n) is 1.65. The SMILES string of the molecule is COc1ccc(C(C#N)c2cc[nH]c2)cc1. The van der Waals surface area contributed by atoms with Crippen LogP contribution < -0.4 is 4.74 Å². The third-order valence-electron chi connectivity index (χ3n) is 2.53. The summed E-state index contributed by atoms with van der Waals surface area (Å²) >= 11 is 0. The number of hydrogen-bond acceptors (Lipinski definition) is 2. The van der Waals surface area contributed by atoms with Crippen LogP contribution in [-0.2, 0) is 0 Å². The number of H-pyrrole nitrogens is 1. The van der Waals surface area contributed by atoms with E-state index in [4.69, 9.17) is 4.74 Å². The smallest absolute Gasteiger partial charge is 0.118 e. The maximum absolute atomic E-state index is 9.18. The molecule has 1 aromatic heterocycles. The molecule has 0 bridgehead atoms. The summed E-state index contributed by atoms with van der Waals surface area (Å²) in [6, 6.07) is 11.8. The highest BCUT2D eigenvalue weighted by Crippen LogP contribution is 2.25. The number of nitrogens with one attached hydrogen (secondary N) is 1. The maximum Gasteiger partial charge on any atom is 0.118 e. The highest BCUT2D eigenvalue weighted by Gasteiger charge is 2.13. The molecule has 0 saturated heterocycles. The highest BCUT2D eigenvalue weighted by molar-refractivity contribution is 5.39. The Morgan fingerprint density at radius 2 is 1.94 bits per heavy atom. The zero-order valence-corrected chi connectivity index (χ0v) is 8.97. The molecule has 0 amide bonds. The summed E-state index contributed by atoms with van der Waals surface area (Å²) in [6.45, 7) is 0. The van der Waals surface area contributed by atoms with Crippen LogP contribution in [0.4, 0.5) is 0 Å². The van der Waals surface area contributed by atoms with Gasteiger partial charge in [0.2, 0.25) is 0 Å². The van der Waals surface area contributed by atoms with Gasteiger partial charge in [-0.05, 0) is 29.3 Å². The lowest BCUT2D eigenvalue weighted by molar-refractivity contribution is 0.414. The third kappa shape index (κ3) is 1.91. The average molecular weight is 212 g/mol. The average Bonchev–Trinajstić information content (AvgIpc) is 2.85. The van der Waals surface area contributed by atoms with Crippen LogP contribution in [0.1, 0.15) is 17.0 Å². The number of methoxy groups -OCH3 is 1. The van der Waals surface area contributed by atoms with E-state index >= 15 is 0 Å². The molecule has 80 valence electrons. The zero-order chi connectivity index (χ0) is 11.4. The Morgan fingerprint density at radius 3 is 2.44 bits per heavy atom. The summed E-state index contributed by atoms with van der Waals surface area (Å²) < 4.78 is 5.08. The molecule has 1 aromatic carbocycles. The van der Waals surface area contributed by atoms with Crippen molar-refractivity contribution in [1.82, 2.24) is 4.98 Å². The molecular formula is C13H12N2O. The first-order valence-electron chi connectivity index (χ1n) is 5.01. The molecule has 0 spiro atoms. The van der Waals surface area contributed by atoms with Gasteiger partial charge in [-0.2, -0.15) is 5.26 Å². The monoisotopic (exact) mass is 212 g/mol. The number of aromatic nitrogens is 1. The second-order valence-corrected chi connectivity index (χ2v) is 3.48. The van der Waals surface area contributed by atoms with Crippen LogP contribution in [0.3, 0.4) is 0 Å². The molecule has 2 aromatic rings. The van der Waals surface area contributed by atoms with E-state index in [1.807, 2.05) is 42.7 Å². The Hall–Kier alpha value is -2.21.